The van der Waals surface area contributed by atoms with Gasteiger partial charge < -0.3 is 11.1 Å². The molecule has 1 aromatic heterocycles. The summed E-state index contributed by atoms with van der Waals surface area (Å²) >= 11 is 1.35. The number of aliphatic imine (C=N–C) groups is 1. The lowest BCUT2D eigenvalue weighted by Crippen LogP contribution is -2.32. The third-order valence-corrected chi connectivity index (χ3v) is 2.52. The third kappa shape index (κ3) is 4.07. The number of nitrogens with one attached hydrogen (secondary N) is 1. The van der Waals surface area contributed by atoms with Crippen molar-refractivity contribution in [2.45, 2.75) is 20.4 Å². The molecule has 0 saturated heterocycles. The molecule has 0 aliphatic rings. The van der Waals surface area contributed by atoms with Crippen LogP contribution in [0.3, 0.4) is 0 Å². The first-order valence-corrected chi connectivity index (χ1v) is 5.33. The van der Waals surface area contributed by atoms with Crippen molar-refractivity contribution in [1.29, 1.82) is 0 Å². The van der Waals surface area contributed by atoms with Crippen LogP contribution in [0.4, 0.5) is 0 Å². The fraction of sp³-hybridized carbons (Fsp3) is 0.444. The number of hydrogen-bond acceptors (Lipinski definition) is 4. The molecule has 6 heteroatoms. The fourth-order valence-electron chi connectivity index (χ4n) is 0.850. The van der Waals surface area contributed by atoms with E-state index in [1.165, 1.54) is 11.5 Å². The summed E-state index contributed by atoms with van der Waals surface area (Å²) in [6.45, 7) is 8.77. The van der Waals surface area contributed by atoms with Gasteiger partial charge in [0, 0.05) is 6.54 Å². The van der Waals surface area contributed by atoms with Gasteiger partial charge in [-0.15, -0.1) is 5.10 Å². The van der Waals surface area contributed by atoms with E-state index in [1.807, 2.05) is 13.8 Å². The third-order valence-electron chi connectivity index (χ3n) is 1.71. The Balaban J connectivity index is 2.44. The van der Waals surface area contributed by atoms with Gasteiger partial charge in [0.25, 0.3) is 0 Å². The number of rotatable bonds is 4. The molecule has 1 heterocycles. The zero-order valence-corrected chi connectivity index (χ0v) is 9.77. The molecular weight excluding hydrogens is 210 g/mol. The predicted molar refractivity (Wildman–Crippen MR) is 62.8 cm³/mol. The Bertz CT molecular complexity index is 368. The number of guanidine groups is 1. The second-order valence-electron chi connectivity index (χ2n) is 3.29. The molecule has 0 aromatic carbocycles. The average Bonchev–Trinajstić information content (AvgIpc) is 2.58. The molecule has 0 aliphatic carbocycles. The van der Waals surface area contributed by atoms with E-state index in [2.05, 4.69) is 26.5 Å². The van der Waals surface area contributed by atoms with Crippen molar-refractivity contribution in [3.05, 3.63) is 22.7 Å². The normalized spacial score (nSPS) is 11.5. The van der Waals surface area contributed by atoms with Gasteiger partial charge >= 0.3 is 0 Å². The first-order valence-electron chi connectivity index (χ1n) is 4.55. The molecule has 5 nitrogen and oxygen atoms in total. The molecule has 15 heavy (non-hydrogen) atoms. The number of nitrogens with zero attached hydrogens (tertiary/aromatic N) is 3. The molecular formula is C9H15N5S. The van der Waals surface area contributed by atoms with E-state index >= 15 is 0 Å². The van der Waals surface area contributed by atoms with E-state index in [9.17, 15) is 0 Å². The second-order valence-corrected chi connectivity index (χ2v) is 4.13. The van der Waals surface area contributed by atoms with Gasteiger partial charge in [-0.25, -0.2) is 4.99 Å². The highest BCUT2D eigenvalue weighted by Crippen LogP contribution is 2.09. The first-order chi connectivity index (χ1) is 7.09. The lowest BCUT2D eigenvalue weighted by atomic mass is 10.3. The van der Waals surface area contributed by atoms with Crippen LogP contribution in [-0.4, -0.2) is 22.1 Å². The molecule has 0 radical (unpaired) electrons. The lowest BCUT2D eigenvalue weighted by molar-refractivity contribution is 0.939. The van der Waals surface area contributed by atoms with Gasteiger partial charge in [-0.1, -0.05) is 16.6 Å². The highest BCUT2D eigenvalue weighted by Gasteiger charge is 2.01. The Morgan fingerprint density at radius 3 is 2.93 bits per heavy atom. The van der Waals surface area contributed by atoms with Crippen LogP contribution in [-0.2, 0) is 6.54 Å². The minimum absolute atomic E-state index is 0.422. The van der Waals surface area contributed by atoms with Crippen LogP contribution >= 0.6 is 11.5 Å². The molecule has 1 aromatic rings. The molecule has 0 saturated carbocycles. The van der Waals surface area contributed by atoms with Gasteiger partial charge in [-0.3, -0.25) is 0 Å². The number of hydrogen-bond donors (Lipinski definition) is 2. The van der Waals surface area contributed by atoms with E-state index < -0.39 is 0 Å². The Labute approximate surface area is 93.3 Å². The monoisotopic (exact) mass is 225 g/mol. The van der Waals surface area contributed by atoms with Crippen LogP contribution in [0, 0.1) is 6.92 Å². The lowest BCUT2D eigenvalue weighted by Gasteiger charge is -2.03. The first kappa shape index (κ1) is 11.6. The SMILES string of the molecule is C=C(C)CNC(N)=NCc1snnc1C. The minimum Gasteiger partial charge on any atom is -0.370 e. The zero-order valence-electron chi connectivity index (χ0n) is 8.95. The summed E-state index contributed by atoms with van der Waals surface area (Å²) in [4.78, 5) is 5.21. The number of aryl methyl sites for hydroxylation is 1. The Kier molecular flexibility index (Phi) is 4.23. The zero-order chi connectivity index (χ0) is 11.3. The molecule has 0 amide bonds. The minimum atomic E-state index is 0.422. The van der Waals surface area contributed by atoms with Crippen LogP contribution in [0.25, 0.3) is 0 Å². The summed E-state index contributed by atoms with van der Waals surface area (Å²) < 4.78 is 3.82. The van der Waals surface area contributed by atoms with Crippen LogP contribution in [0.2, 0.25) is 0 Å². The maximum Gasteiger partial charge on any atom is 0.189 e. The summed E-state index contributed by atoms with van der Waals surface area (Å²) in [5.74, 6) is 0.422. The van der Waals surface area contributed by atoms with E-state index in [4.69, 9.17) is 5.73 Å². The predicted octanol–water partition coefficient (Wildman–Crippen LogP) is 0.827. The van der Waals surface area contributed by atoms with Crippen molar-refractivity contribution in [3.8, 4) is 0 Å². The van der Waals surface area contributed by atoms with Crippen molar-refractivity contribution >= 4 is 17.5 Å². The standard InChI is InChI=1S/C9H15N5S/c1-6(2)4-11-9(10)12-5-8-7(3)13-14-15-8/h1,4-5H2,2-3H3,(H3,10,11,12). The van der Waals surface area contributed by atoms with Crippen LogP contribution in [0.15, 0.2) is 17.1 Å². The summed E-state index contributed by atoms with van der Waals surface area (Å²) in [6.07, 6.45) is 0. The van der Waals surface area contributed by atoms with E-state index in [0.29, 0.717) is 19.0 Å². The Hall–Kier alpha value is -1.43. The molecule has 0 atom stereocenters. The molecule has 3 N–H and O–H groups in total. The molecule has 0 aliphatic heterocycles. The Morgan fingerprint density at radius 2 is 2.40 bits per heavy atom. The van der Waals surface area contributed by atoms with Crippen molar-refractivity contribution in [3.63, 3.8) is 0 Å². The van der Waals surface area contributed by atoms with Gasteiger partial charge in [-0.2, -0.15) is 0 Å². The molecule has 1 rings (SSSR count). The maximum absolute atomic E-state index is 5.65. The highest BCUT2D eigenvalue weighted by atomic mass is 32.1. The van der Waals surface area contributed by atoms with E-state index in [-0.39, 0.29) is 0 Å². The molecule has 82 valence electrons. The largest absolute Gasteiger partial charge is 0.370 e. The van der Waals surface area contributed by atoms with Crippen molar-refractivity contribution in [1.82, 2.24) is 14.9 Å². The summed E-state index contributed by atoms with van der Waals surface area (Å²) in [5, 5.41) is 6.85. The quantitative estimate of drug-likeness (QED) is 0.452. The summed E-state index contributed by atoms with van der Waals surface area (Å²) in [7, 11) is 0. The fourth-order valence-corrected chi connectivity index (χ4v) is 1.41. The topological polar surface area (TPSA) is 76.2 Å². The number of aromatic nitrogens is 2. The van der Waals surface area contributed by atoms with E-state index in [1.54, 1.807) is 0 Å². The van der Waals surface area contributed by atoms with Gasteiger partial charge in [0.1, 0.15) is 0 Å². The van der Waals surface area contributed by atoms with Crippen molar-refractivity contribution in [2.24, 2.45) is 10.7 Å². The number of nitrogens with two attached hydrogens (primary N) is 1. The smallest absolute Gasteiger partial charge is 0.189 e. The van der Waals surface area contributed by atoms with Gasteiger partial charge in [0.15, 0.2) is 5.96 Å². The van der Waals surface area contributed by atoms with Gasteiger partial charge in [0.05, 0.1) is 17.1 Å². The van der Waals surface area contributed by atoms with Crippen molar-refractivity contribution in [2.75, 3.05) is 6.54 Å². The summed E-state index contributed by atoms with van der Waals surface area (Å²) in [6, 6.07) is 0. The molecule has 0 fully saturated rings. The molecule has 0 bridgehead atoms. The van der Waals surface area contributed by atoms with Crippen LogP contribution < -0.4 is 11.1 Å². The van der Waals surface area contributed by atoms with Gasteiger partial charge in [0.2, 0.25) is 0 Å². The second kappa shape index (κ2) is 5.45. The van der Waals surface area contributed by atoms with E-state index in [0.717, 1.165) is 16.1 Å². The molecule has 0 spiro atoms. The molecule has 0 unspecified atom stereocenters. The Morgan fingerprint density at radius 1 is 1.67 bits per heavy atom. The summed E-state index contributed by atoms with van der Waals surface area (Å²) in [5.41, 5.74) is 7.58. The van der Waals surface area contributed by atoms with Crippen LogP contribution in [0.1, 0.15) is 17.5 Å². The van der Waals surface area contributed by atoms with Crippen molar-refractivity contribution < 1.29 is 0 Å². The van der Waals surface area contributed by atoms with Gasteiger partial charge in [-0.05, 0) is 25.4 Å². The average molecular weight is 225 g/mol. The van der Waals surface area contributed by atoms with Crippen LogP contribution in [0.5, 0.6) is 0 Å². The highest BCUT2D eigenvalue weighted by molar-refractivity contribution is 7.05. The maximum atomic E-state index is 5.65.